The van der Waals surface area contributed by atoms with E-state index in [9.17, 15) is 13.0 Å². The molecule has 116 valence electrons. The molecule has 0 N–H and O–H groups in total. The SMILES string of the molecule is O=S1(=O)CCCC1/C=C(\c1ccccc1)[S+]([O-])c1cccs1. The fourth-order valence-corrected chi connectivity index (χ4v) is 6.64. The molecule has 0 bridgehead atoms. The van der Waals surface area contributed by atoms with Gasteiger partial charge in [0.2, 0.25) is 4.21 Å². The van der Waals surface area contributed by atoms with Gasteiger partial charge in [-0.15, -0.1) is 0 Å². The Balaban J connectivity index is 2.04. The number of hydrogen-bond donors (Lipinski definition) is 0. The highest BCUT2D eigenvalue weighted by atomic mass is 32.2. The lowest BCUT2D eigenvalue weighted by Gasteiger charge is -2.14. The van der Waals surface area contributed by atoms with Crippen LogP contribution >= 0.6 is 11.3 Å². The van der Waals surface area contributed by atoms with E-state index in [0.29, 0.717) is 17.7 Å². The highest BCUT2D eigenvalue weighted by Gasteiger charge is 2.32. The monoisotopic (exact) mass is 352 g/mol. The van der Waals surface area contributed by atoms with Crippen LogP contribution < -0.4 is 0 Å². The van der Waals surface area contributed by atoms with E-state index in [1.807, 2.05) is 47.8 Å². The van der Waals surface area contributed by atoms with Crippen LogP contribution in [-0.4, -0.2) is 24.0 Å². The largest absolute Gasteiger partial charge is 0.606 e. The van der Waals surface area contributed by atoms with Crippen molar-refractivity contribution in [2.24, 2.45) is 0 Å². The Morgan fingerprint density at radius 2 is 2.00 bits per heavy atom. The first-order valence-electron chi connectivity index (χ1n) is 7.02. The van der Waals surface area contributed by atoms with E-state index in [4.69, 9.17) is 0 Å². The molecule has 2 atom stereocenters. The Labute approximate surface area is 137 Å². The van der Waals surface area contributed by atoms with Gasteiger partial charge in [-0.1, -0.05) is 29.5 Å². The summed E-state index contributed by atoms with van der Waals surface area (Å²) in [5.41, 5.74) is 0.816. The van der Waals surface area contributed by atoms with Crippen molar-refractivity contribution in [2.75, 3.05) is 5.75 Å². The van der Waals surface area contributed by atoms with Crippen LogP contribution in [0.15, 0.2) is 58.1 Å². The Kier molecular flexibility index (Phi) is 4.73. The minimum absolute atomic E-state index is 0.224. The van der Waals surface area contributed by atoms with E-state index in [1.54, 1.807) is 6.08 Å². The summed E-state index contributed by atoms with van der Waals surface area (Å²) in [5, 5.41) is 1.36. The summed E-state index contributed by atoms with van der Waals surface area (Å²) >= 11 is 0.0663. The Morgan fingerprint density at radius 3 is 2.59 bits per heavy atom. The van der Waals surface area contributed by atoms with Crippen molar-refractivity contribution in [3.05, 3.63) is 59.5 Å². The van der Waals surface area contributed by atoms with Crippen molar-refractivity contribution in [2.45, 2.75) is 22.3 Å². The van der Waals surface area contributed by atoms with Gasteiger partial charge in [0.25, 0.3) is 0 Å². The van der Waals surface area contributed by atoms with E-state index < -0.39 is 26.3 Å². The molecular formula is C16H16O3S3. The summed E-state index contributed by atoms with van der Waals surface area (Å²) in [6.45, 7) is 0. The molecule has 2 aromatic rings. The van der Waals surface area contributed by atoms with Gasteiger partial charge in [-0.05, 0) is 42.5 Å². The third-order valence-electron chi connectivity index (χ3n) is 3.65. The molecule has 1 aliphatic heterocycles. The third kappa shape index (κ3) is 3.30. The van der Waals surface area contributed by atoms with Crippen LogP contribution in [0.3, 0.4) is 0 Å². The molecule has 0 aliphatic carbocycles. The minimum Gasteiger partial charge on any atom is -0.606 e. The summed E-state index contributed by atoms with van der Waals surface area (Å²) in [6, 6.07) is 13.1. The number of rotatable bonds is 4. The average Bonchev–Trinajstić information content (AvgIpc) is 3.15. The normalized spacial score (nSPS) is 22.6. The van der Waals surface area contributed by atoms with Gasteiger partial charge in [-0.25, -0.2) is 8.42 Å². The average molecular weight is 353 g/mol. The van der Waals surface area contributed by atoms with Gasteiger partial charge in [0, 0.05) is 22.8 Å². The van der Waals surface area contributed by atoms with Gasteiger partial charge in [-0.3, -0.25) is 0 Å². The lowest BCUT2D eigenvalue weighted by Crippen LogP contribution is -2.15. The molecule has 1 fully saturated rings. The number of benzene rings is 1. The molecule has 0 radical (unpaired) electrons. The predicted molar refractivity (Wildman–Crippen MR) is 92.0 cm³/mol. The van der Waals surface area contributed by atoms with E-state index >= 15 is 0 Å². The van der Waals surface area contributed by atoms with Gasteiger partial charge < -0.3 is 4.55 Å². The minimum atomic E-state index is -3.10. The van der Waals surface area contributed by atoms with Gasteiger partial charge in [-0.2, -0.15) is 0 Å². The van der Waals surface area contributed by atoms with Crippen LogP contribution in [0.5, 0.6) is 0 Å². The van der Waals surface area contributed by atoms with Gasteiger partial charge >= 0.3 is 0 Å². The van der Waals surface area contributed by atoms with E-state index in [2.05, 4.69) is 0 Å². The third-order valence-corrected chi connectivity index (χ3v) is 8.48. The second-order valence-electron chi connectivity index (χ2n) is 5.15. The van der Waals surface area contributed by atoms with Crippen LogP contribution in [0.1, 0.15) is 18.4 Å². The van der Waals surface area contributed by atoms with Crippen LogP contribution in [0, 0.1) is 0 Å². The van der Waals surface area contributed by atoms with Gasteiger partial charge in [0.05, 0.1) is 11.0 Å². The molecule has 0 saturated carbocycles. The summed E-state index contributed by atoms with van der Waals surface area (Å²) in [7, 11) is -3.10. The van der Waals surface area contributed by atoms with Crippen molar-refractivity contribution >= 4 is 37.3 Å². The standard InChI is InChI=1S/C16H16O3S3/c17-21(16-9-4-10-20-16)15(13-6-2-1-3-7-13)12-14-8-5-11-22(14,18)19/h1-4,6-7,9-10,12,14H,5,8,11H2/b15-12+. The van der Waals surface area contributed by atoms with Crippen molar-refractivity contribution in [3.63, 3.8) is 0 Å². The maximum Gasteiger partial charge on any atom is 0.212 e. The van der Waals surface area contributed by atoms with Crippen LogP contribution in [0.25, 0.3) is 4.91 Å². The summed E-state index contributed by atoms with van der Waals surface area (Å²) in [4.78, 5) is 0.596. The first kappa shape index (κ1) is 15.8. The van der Waals surface area contributed by atoms with Crippen molar-refractivity contribution in [1.29, 1.82) is 0 Å². The fraction of sp³-hybridized carbons (Fsp3) is 0.250. The number of sulfone groups is 1. The quantitative estimate of drug-likeness (QED) is 0.792. The van der Waals surface area contributed by atoms with Crippen LogP contribution in [0.4, 0.5) is 0 Å². The Hall–Kier alpha value is -1.08. The molecular weight excluding hydrogens is 336 g/mol. The summed E-state index contributed by atoms with van der Waals surface area (Å²) < 4.78 is 37.8. The zero-order valence-electron chi connectivity index (χ0n) is 11.8. The smallest absolute Gasteiger partial charge is 0.212 e. The predicted octanol–water partition coefficient (Wildman–Crippen LogP) is 3.47. The molecule has 3 rings (SSSR count). The maximum atomic E-state index is 12.9. The van der Waals surface area contributed by atoms with Gasteiger partial charge in [0.1, 0.15) is 0 Å². The highest BCUT2D eigenvalue weighted by molar-refractivity contribution is 8.02. The molecule has 6 heteroatoms. The molecule has 1 saturated heterocycles. The summed E-state index contributed by atoms with van der Waals surface area (Å²) in [6.07, 6.45) is 2.99. The highest BCUT2D eigenvalue weighted by Crippen LogP contribution is 2.33. The Bertz CT molecular complexity index is 749. The molecule has 0 amide bonds. The molecule has 2 unspecified atom stereocenters. The van der Waals surface area contributed by atoms with E-state index in [0.717, 1.165) is 9.77 Å². The number of hydrogen-bond acceptors (Lipinski definition) is 4. The Morgan fingerprint density at radius 1 is 1.23 bits per heavy atom. The number of thiophene rings is 1. The first-order chi connectivity index (χ1) is 10.6. The molecule has 3 nitrogen and oxygen atoms in total. The zero-order valence-corrected chi connectivity index (χ0v) is 14.3. The molecule has 2 heterocycles. The van der Waals surface area contributed by atoms with Gasteiger partial charge in [0.15, 0.2) is 14.7 Å². The second kappa shape index (κ2) is 6.58. The summed E-state index contributed by atoms with van der Waals surface area (Å²) in [5.74, 6) is 0.224. The molecule has 1 aliphatic rings. The van der Waals surface area contributed by atoms with E-state index in [1.165, 1.54) is 11.3 Å². The van der Waals surface area contributed by atoms with Crippen LogP contribution in [0.2, 0.25) is 0 Å². The molecule has 0 spiro atoms. The van der Waals surface area contributed by atoms with Crippen molar-refractivity contribution in [1.82, 2.24) is 0 Å². The van der Waals surface area contributed by atoms with Crippen LogP contribution in [-0.2, 0) is 21.0 Å². The first-order valence-corrected chi connectivity index (χ1v) is 10.8. The second-order valence-corrected chi connectivity index (χ2v) is 10.1. The van der Waals surface area contributed by atoms with Crippen molar-refractivity contribution < 1.29 is 13.0 Å². The zero-order chi connectivity index (χ0) is 15.6. The lowest BCUT2D eigenvalue weighted by atomic mass is 10.1. The molecule has 22 heavy (non-hydrogen) atoms. The molecule has 1 aromatic heterocycles. The van der Waals surface area contributed by atoms with Crippen molar-refractivity contribution in [3.8, 4) is 0 Å². The topological polar surface area (TPSA) is 57.2 Å². The lowest BCUT2D eigenvalue weighted by molar-refractivity contribution is 0.597. The van der Waals surface area contributed by atoms with E-state index in [-0.39, 0.29) is 5.75 Å². The fourth-order valence-electron chi connectivity index (χ4n) is 2.52. The molecule has 1 aromatic carbocycles. The maximum absolute atomic E-state index is 12.9.